The first-order valence-corrected chi connectivity index (χ1v) is 18.3. The zero-order valence-corrected chi connectivity index (χ0v) is 30.6. The maximum atomic E-state index is 17.6. The Morgan fingerprint density at radius 2 is 1.55 bits per heavy atom. The molecule has 4 aromatic carbocycles. The van der Waals surface area contributed by atoms with Gasteiger partial charge in [-0.25, -0.2) is 14.4 Å². The van der Waals surface area contributed by atoms with Gasteiger partial charge in [-0.2, -0.15) is 4.98 Å². The molecule has 0 N–H and O–H groups in total. The zero-order chi connectivity index (χ0) is 35.4. The summed E-state index contributed by atoms with van der Waals surface area (Å²) < 4.78 is 17.6. The summed E-state index contributed by atoms with van der Waals surface area (Å²) in [5.41, 5.74) is 6.77. The van der Waals surface area contributed by atoms with Crippen molar-refractivity contribution in [2.45, 2.75) is 52.2 Å². The van der Waals surface area contributed by atoms with Crippen molar-refractivity contribution in [3.63, 3.8) is 0 Å². The molecule has 0 amide bonds. The Hall–Kier alpha value is -4.66. The smallest absolute Gasteiger partial charge is 0.228 e. The molecule has 2 fully saturated rings. The molecule has 2 atom stereocenters. The number of nitrogens with zero attached hydrogens (tertiary/aromatic N) is 7. The molecule has 0 unspecified atom stereocenters. The molecule has 51 heavy (non-hydrogen) atoms. The normalized spacial score (nSPS) is 18.9. The van der Waals surface area contributed by atoms with Crippen molar-refractivity contribution < 1.29 is 4.39 Å². The zero-order valence-electron chi connectivity index (χ0n) is 29.9. The lowest BCUT2D eigenvalue weighted by molar-refractivity contribution is 0.245. The van der Waals surface area contributed by atoms with Gasteiger partial charge in [0.25, 0.3) is 0 Å². The molecule has 2 saturated heterocycles. The van der Waals surface area contributed by atoms with Crippen molar-refractivity contribution in [2.24, 2.45) is 15.9 Å². The van der Waals surface area contributed by atoms with Crippen LogP contribution >= 0.6 is 11.6 Å². The number of likely N-dealkylation sites (N-methyl/N-ethyl adjacent to an activating group) is 1. The summed E-state index contributed by atoms with van der Waals surface area (Å²) in [5, 5.41) is 0.966. The first-order chi connectivity index (χ1) is 24.7. The van der Waals surface area contributed by atoms with Gasteiger partial charge < -0.3 is 14.7 Å². The van der Waals surface area contributed by atoms with Crippen LogP contribution in [0.15, 0.2) is 88.8 Å². The number of anilines is 2. The minimum Gasteiger partial charge on any atom is -0.353 e. The van der Waals surface area contributed by atoms with E-state index in [1.54, 1.807) is 0 Å². The van der Waals surface area contributed by atoms with Crippen LogP contribution in [-0.2, 0) is 6.54 Å². The number of amidine groups is 1. The largest absolute Gasteiger partial charge is 0.353 e. The van der Waals surface area contributed by atoms with Gasteiger partial charge >= 0.3 is 0 Å². The molecule has 9 heteroatoms. The van der Waals surface area contributed by atoms with Crippen LogP contribution in [0.2, 0.25) is 5.02 Å². The first kappa shape index (κ1) is 33.5. The van der Waals surface area contributed by atoms with Gasteiger partial charge in [0.2, 0.25) is 5.95 Å². The van der Waals surface area contributed by atoms with Crippen LogP contribution in [0.1, 0.15) is 54.5 Å². The van der Waals surface area contributed by atoms with Gasteiger partial charge in [0.05, 0.1) is 17.3 Å². The Balaban J connectivity index is 1.31. The first-order valence-electron chi connectivity index (χ1n) is 17.9. The number of rotatable bonds is 6. The van der Waals surface area contributed by atoms with Crippen LogP contribution < -0.4 is 9.80 Å². The number of fused-ring (bicyclic) bond motifs is 2. The maximum absolute atomic E-state index is 17.6. The van der Waals surface area contributed by atoms with Crippen molar-refractivity contribution in [1.29, 1.82) is 0 Å². The third kappa shape index (κ3) is 6.08. The summed E-state index contributed by atoms with van der Waals surface area (Å²) in [6.45, 7) is 9.39. The third-order valence-corrected chi connectivity index (χ3v) is 11.1. The average molecular weight is 700 g/mol. The quantitative estimate of drug-likeness (QED) is 0.166. The van der Waals surface area contributed by atoms with Gasteiger partial charge in [0, 0.05) is 64.9 Å². The van der Waals surface area contributed by atoms with Crippen LogP contribution in [0.25, 0.3) is 22.0 Å². The van der Waals surface area contributed by atoms with E-state index in [0.717, 1.165) is 71.8 Å². The van der Waals surface area contributed by atoms with Gasteiger partial charge in [-0.3, -0.25) is 4.99 Å². The number of aryl methyl sites for hydroxylation is 1. The van der Waals surface area contributed by atoms with Crippen molar-refractivity contribution in [1.82, 2.24) is 14.9 Å². The molecular weight excluding hydrogens is 657 g/mol. The topological polar surface area (TPSA) is 60.2 Å². The molecule has 0 radical (unpaired) electrons. The molecule has 0 bridgehead atoms. The van der Waals surface area contributed by atoms with Crippen LogP contribution in [-0.4, -0.2) is 72.2 Å². The Morgan fingerprint density at radius 3 is 2.22 bits per heavy atom. The number of piperidine rings is 1. The average Bonchev–Trinajstić information content (AvgIpc) is 3.51. The SMILES string of the molecule is Cc1ccc2c(c1-c1c(Cl)cc3c(N4C[C@@H](C)CC[C@@H]4C)nc(N4CC(N(C)C)C4)nc3c1F)C(N=C(c1ccccc1)c1ccccc1)=NC2. The standard InChI is InChI=1S/C42H43ClFN7/c1-25-16-18-27(3)51(22-25)41-32-20-33(43)36(37(44)39(32)47-42(48-41)50-23-31(24-50)49(4)5)34-26(2)17-19-30-21-45-40(35(30)34)46-38(28-12-8-6-9-13-28)29-14-10-7-11-15-29/h6-15,17,19-20,25,27,31H,16,18,21-24H2,1-5H3/t25-,27-/m0/s1. The molecule has 3 aliphatic rings. The minimum atomic E-state index is -0.442. The third-order valence-electron chi connectivity index (χ3n) is 10.8. The van der Waals surface area contributed by atoms with Crippen molar-refractivity contribution >= 4 is 45.8 Å². The predicted octanol–water partition coefficient (Wildman–Crippen LogP) is 8.57. The molecule has 4 heterocycles. The van der Waals surface area contributed by atoms with E-state index in [9.17, 15) is 0 Å². The molecule has 0 aliphatic carbocycles. The fraction of sp³-hybridized carbons (Fsp3) is 0.333. The number of hydrogen-bond acceptors (Lipinski definition) is 7. The Morgan fingerprint density at radius 1 is 0.863 bits per heavy atom. The minimum absolute atomic E-state index is 0.263. The predicted molar refractivity (Wildman–Crippen MR) is 208 cm³/mol. The summed E-state index contributed by atoms with van der Waals surface area (Å²) in [7, 11) is 4.18. The van der Waals surface area contributed by atoms with E-state index in [2.05, 4.69) is 73.0 Å². The highest BCUT2D eigenvalue weighted by Gasteiger charge is 2.34. The second kappa shape index (κ2) is 13.5. The lowest BCUT2D eigenvalue weighted by Crippen LogP contribution is -2.58. The van der Waals surface area contributed by atoms with E-state index in [1.807, 2.05) is 55.5 Å². The Labute approximate surface area is 304 Å². The molecule has 1 aromatic heterocycles. The van der Waals surface area contributed by atoms with E-state index < -0.39 is 5.82 Å². The van der Waals surface area contributed by atoms with E-state index in [-0.39, 0.29) is 6.04 Å². The molecule has 260 valence electrons. The highest BCUT2D eigenvalue weighted by Crippen LogP contribution is 2.44. The molecule has 0 spiro atoms. The monoisotopic (exact) mass is 699 g/mol. The van der Waals surface area contributed by atoms with E-state index in [0.29, 0.717) is 57.3 Å². The fourth-order valence-electron chi connectivity index (χ4n) is 7.67. The number of halogens is 2. The molecule has 3 aliphatic heterocycles. The van der Waals surface area contributed by atoms with Crippen LogP contribution in [0.3, 0.4) is 0 Å². The lowest BCUT2D eigenvalue weighted by Gasteiger charge is -2.43. The Kier molecular flexibility index (Phi) is 8.85. The molecule has 0 saturated carbocycles. The van der Waals surface area contributed by atoms with Gasteiger partial charge in [-0.1, -0.05) is 91.3 Å². The Bertz CT molecular complexity index is 2140. The summed E-state index contributed by atoms with van der Waals surface area (Å²) >= 11 is 7.23. The van der Waals surface area contributed by atoms with Crippen LogP contribution in [0.5, 0.6) is 0 Å². The summed E-state index contributed by atoms with van der Waals surface area (Å²) in [5.74, 6) is 1.94. The summed E-state index contributed by atoms with van der Waals surface area (Å²) in [4.78, 5) is 27.0. The van der Waals surface area contributed by atoms with Gasteiger partial charge in [-0.05, 0) is 63.9 Å². The lowest BCUT2D eigenvalue weighted by atomic mass is 9.90. The van der Waals surface area contributed by atoms with Crippen molar-refractivity contribution in [3.8, 4) is 11.1 Å². The summed E-state index contributed by atoms with van der Waals surface area (Å²) in [6, 6.07) is 26.9. The molecule has 8 rings (SSSR count). The summed E-state index contributed by atoms with van der Waals surface area (Å²) in [6.07, 6.45) is 2.21. The van der Waals surface area contributed by atoms with Gasteiger partial charge in [-0.15, -0.1) is 0 Å². The number of hydrogen-bond donors (Lipinski definition) is 0. The number of benzene rings is 4. The second-order valence-electron chi connectivity index (χ2n) is 14.6. The number of aliphatic imine (C=N–C) groups is 2. The van der Waals surface area contributed by atoms with Gasteiger partial charge in [0.15, 0.2) is 11.7 Å². The highest BCUT2D eigenvalue weighted by atomic mass is 35.5. The van der Waals surface area contributed by atoms with Crippen LogP contribution in [0.4, 0.5) is 16.2 Å². The molecule has 5 aromatic rings. The fourth-order valence-corrected chi connectivity index (χ4v) is 7.96. The van der Waals surface area contributed by atoms with Crippen LogP contribution in [0, 0.1) is 18.7 Å². The molecular formula is C42H43ClFN7. The van der Waals surface area contributed by atoms with Crippen molar-refractivity contribution in [3.05, 3.63) is 118 Å². The van der Waals surface area contributed by atoms with E-state index >= 15 is 4.39 Å². The van der Waals surface area contributed by atoms with Gasteiger partial charge in [0.1, 0.15) is 11.3 Å². The second-order valence-corrected chi connectivity index (χ2v) is 15.0. The van der Waals surface area contributed by atoms with E-state index in [1.165, 1.54) is 0 Å². The maximum Gasteiger partial charge on any atom is 0.228 e. The number of aromatic nitrogens is 2. The highest BCUT2D eigenvalue weighted by molar-refractivity contribution is 6.35. The van der Waals surface area contributed by atoms with E-state index in [4.69, 9.17) is 31.6 Å². The molecule has 7 nitrogen and oxygen atoms in total. The van der Waals surface area contributed by atoms with Crippen molar-refractivity contribution in [2.75, 3.05) is 43.5 Å².